The van der Waals surface area contributed by atoms with E-state index in [0.29, 0.717) is 128 Å². The second-order valence-electron chi connectivity index (χ2n) is 29.4. The molecule has 10 aromatic carbocycles. The van der Waals surface area contributed by atoms with Gasteiger partial charge in [0.25, 0.3) is 42.9 Å². The molecule has 0 aliphatic carbocycles. The first-order valence-corrected chi connectivity index (χ1v) is 47.9. The molecule has 0 radical (unpaired) electrons. The molecule has 0 bridgehead atoms. The quantitative estimate of drug-likeness (QED) is 0.0125. The maximum Gasteiger partial charge on any atom is 1.00 e. The molecule has 35 nitrogen and oxygen atoms in total. The Morgan fingerprint density at radius 2 is 0.838 bits per heavy atom. The van der Waals surface area contributed by atoms with Crippen LogP contribution in [0.15, 0.2) is 239 Å². The SMILES string of the molecule is C1CCOC1.C1CCOCC1.CC(=O)O.CCO.N#Cc1cc(N(Cc2ccc(F)cc2)S(=O)(=O)c2ccccc2)ccc1N1CCOCC1.N#Cc1cc(N)ccc1N1CCOCC1.N#Cc1cc(NCc2ccc(F)cc2)ccc1N1CCOCC1.N#Cc1cc([N+](=O)[O-])ccc1Br.N#Cc1cc([N+](=O)[O-])ccc1N1CCOCC1.O=CO[O-].O=Cc1ccc(F)cc1.O=S(=O)(Cl)c1ccccc1.[H-].[K+].[K+]. The van der Waals surface area contributed by atoms with E-state index in [1.165, 1.54) is 140 Å². The summed E-state index contributed by atoms with van der Waals surface area (Å²) in [6, 6.07) is 68.6. The van der Waals surface area contributed by atoms with E-state index in [0.717, 1.165) is 107 Å². The molecule has 6 aliphatic heterocycles. The van der Waals surface area contributed by atoms with Crippen LogP contribution in [-0.4, -0.2) is 194 Å². The Labute approximate surface area is 922 Å². The number of sulfonamides is 1. The third-order valence-electron chi connectivity index (χ3n) is 19.6. The van der Waals surface area contributed by atoms with Gasteiger partial charge in [0.15, 0.2) is 0 Å². The number of nitrogens with two attached hydrogens (primary N) is 1. The van der Waals surface area contributed by atoms with E-state index in [9.17, 15) is 65.6 Å². The van der Waals surface area contributed by atoms with Crippen molar-refractivity contribution in [2.75, 3.05) is 173 Å². The number of carbonyl (C=O) groups excluding carboxylic acids is 2. The number of aliphatic hydroxyl groups excluding tert-OH is 1. The van der Waals surface area contributed by atoms with Gasteiger partial charge in [0, 0.05) is 155 Å². The average Bonchev–Trinajstić information content (AvgIpc) is 1.14. The minimum Gasteiger partial charge on any atom is -1.00 e. The number of benzene rings is 10. The van der Waals surface area contributed by atoms with Crippen molar-refractivity contribution in [3.05, 3.63) is 311 Å². The number of aliphatic carboxylic acids is 1. The number of anilines is 7. The van der Waals surface area contributed by atoms with E-state index in [2.05, 4.69) is 59.0 Å². The van der Waals surface area contributed by atoms with Gasteiger partial charge in [-0.3, -0.25) is 38.9 Å². The first kappa shape index (κ1) is 125. The molecule has 0 aromatic heterocycles. The third-order valence-corrected chi connectivity index (χ3v) is 23.5. The van der Waals surface area contributed by atoms with Crippen molar-refractivity contribution in [1.29, 1.82) is 26.3 Å². The first-order chi connectivity index (χ1) is 67.4. The number of aliphatic hydroxyl groups is 1. The second-order valence-corrected chi connectivity index (χ2v) is 34.7. The number of nitrogen functional groups attached to an aromatic ring is 1. The van der Waals surface area contributed by atoms with Gasteiger partial charge in [-0.15, -0.1) is 0 Å². The summed E-state index contributed by atoms with van der Waals surface area (Å²) in [6.45, 7) is 18.6. The summed E-state index contributed by atoms with van der Waals surface area (Å²) in [5, 5.41) is 93.3. The number of nitriles is 5. The van der Waals surface area contributed by atoms with E-state index in [-0.39, 0.29) is 162 Å². The number of carboxylic acids is 1. The van der Waals surface area contributed by atoms with Crippen molar-refractivity contribution < 1.29 is 207 Å². The Kier molecular flexibility index (Phi) is 63.1. The van der Waals surface area contributed by atoms with E-state index < -0.39 is 40.7 Å². The molecular weight excluding hydrogens is 2020 g/mol. The van der Waals surface area contributed by atoms with Gasteiger partial charge in [0.05, 0.1) is 135 Å². The number of nitro benzene ring substituents is 2. The van der Waals surface area contributed by atoms with Gasteiger partial charge < -0.3 is 80.9 Å². The average molecular weight is 2130 g/mol. The van der Waals surface area contributed by atoms with Crippen LogP contribution in [0.1, 0.15) is 96.7 Å². The largest absolute Gasteiger partial charge is 1.00 e. The minimum atomic E-state index is -3.93. The predicted octanol–water partition coefficient (Wildman–Crippen LogP) is 9.47. The number of carboxylic acid groups (broad SMARTS) is 1. The molecule has 16 rings (SSSR count). The van der Waals surface area contributed by atoms with Crippen molar-refractivity contribution in [2.24, 2.45) is 0 Å². The number of ether oxygens (including phenoxy) is 6. The molecular formula is C98H107BrClF3K2N14O21S2. The van der Waals surface area contributed by atoms with Gasteiger partial charge in [-0.25, -0.2) is 30.0 Å². The number of carbonyl (C=O) groups is 3. The number of aldehydes is 1. The standard InChI is InChI=1S/C24H22FN3O3S.C18H18FN3O.C11H11N3O3.C11H13N3O.C7H3BrN2O2.C7H5FO.C6H5ClO2S.C5H10O.C4H8O.C2H4O2.C2H6O.CH2O3.2K.H/c25-21-8-6-19(7-9-21)18-28(32(29,30)23-4-2-1-3-5-23)22-10-11-24(20(16-22)17-26)27-12-14-31-15-13-27;19-16-3-1-14(2-4-16)13-21-17-5-6-18(15(11-17)12-20)22-7-9-23-10-8-22;12-8-9-7-10(14(15)16)1-2-11(9)13-3-5-17-6-4-13;12-8-9-7-10(13)1-2-11(9)14-3-5-15-6-4-14;8-7-2-1-6(10(11)12)3-5(7)4-9;8-7-3-1-6(5-9)2-4-7;7-10(8,9)6-4-2-1-3-5-6;1-2-4-6-5-3-1;1-2-4-5-3-1;1-2(3)4;1-2-3;2-1-4-3;;;/h1-11,16H,12-15,18H2;1-6,11,21H,7-10,13H2;1-2,7H,3-6H2;1-2,7H,3-6,13H2;1-3H;1-5H;1-5H;1-5H2;1-4H2;1H3,(H,3,4);3H,2H2,1H3;1,3H;;;/q;;;;;;;;;;;;2*+1;-1/p-1. The fourth-order valence-electron chi connectivity index (χ4n) is 12.8. The van der Waals surface area contributed by atoms with Crippen LogP contribution < -0.4 is 143 Å². The zero-order chi connectivity index (χ0) is 102. The van der Waals surface area contributed by atoms with Gasteiger partial charge in [-0.05, 0) is 206 Å². The van der Waals surface area contributed by atoms with Crippen LogP contribution in [0.3, 0.4) is 0 Å². The van der Waals surface area contributed by atoms with Gasteiger partial charge in [-0.1, -0.05) is 60.7 Å². The molecule has 6 saturated heterocycles. The zero-order valence-corrected chi connectivity index (χ0v) is 88.8. The molecule has 6 aliphatic rings. The molecule has 142 heavy (non-hydrogen) atoms. The molecule has 0 unspecified atom stereocenters. The van der Waals surface area contributed by atoms with Crippen LogP contribution in [0.2, 0.25) is 0 Å². The Morgan fingerprint density at radius 3 is 1.20 bits per heavy atom. The van der Waals surface area contributed by atoms with E-state index in [1.807, 2.05) is 47.4 Å². The van der Waals surface area contributed by atoms with Crippen molar-refractivity contribution in [1.82, 2.24) is 0 Å². The van der Waals surface area contributed by atoms with Crippen molar-refractivity contribution in [2.45, 2.75) is 68.8 Å². The fourth-order valence-corrected chi connectivity index (χ4v) is 15.4. The van der Waals surface area contributed by atoms with Gasteiger partial charge in [0.2, 0.25) is 0 Å². The molecule has 6 fully saturated rings. The Bertz CT molecular complexity index is 5950. The Hall–Kier alpha value is -10.9. The van der Waals surface area contributed by atoms with Crippen LogP contribution in [0, 0.1) is 94.3 Å². The summed E-state index contributed by atoms with van der Waals surface area (Å²) in [5.41, 5.74) is 15.2. The Morgan fingerprint density at radius 1 is 0.507 bits per heavy atom. The van der Waals surface area contributed by atoms with Gasteiger partial charge in [-0.2, -0.15) is 26.3 Å². The summed E-state index contributed by atoms with van der Waals surface area (Å²) in [6.07, 6.45) is 7.17. The van der Waals surface area contributed by atoms with Crippen LogP contribution in [0.25, 0.3) is 0 Å². The molecule has 0 atom stereocenters. The summed E-state index contributed by atoms with van der Waals surface area (Å²) in [5.74, 6) is -1.79. The number of non-ortho nitro benzene ring substituents is 2. The number of hydrogen-bond acceptors (Lipinski definition) is 31. The van der Waals surface area contributed by atoms with Crippen LogP contribution in [-0.2, 0) is 75.1 Å². The summed E-state index contributed by atoms with van der Waals surface area (Å²) < 4.78 is 120. The van der Waals surface area contributed by atoms with Crippen LogP contribution in [0.4, 0.5) is 64.4 Å². The maximum absolute atomic E-state index is 13.5. The minimum absolute atomic E-state index is 0. The van der Waals surface area contributed by atoms with Crippen LogP contribution >= 0.6 is 26.6 Å². The number of nitrogens with zero attached hydrogens (tertiary/aromatic N) is 12. The summed E-state index contributed by atoms with van der Waals surface area (Å²) >= 11 is 3.09. The zero-order valence-electron chi connectivity index (χ0n) is 79.6. The number of nitrogens with one attached hydrogen (secondary N) is 1. The van der Waals surface area contributed by atoms with Crippen molar-refractivity contribution in [3.8, 4) is 30.3 Å². The first-order valence-electron chi connectivity index (χ1n) is 43.3. The van der Waals surface area contributed by atoms with Crippen molar-refractivity contribution >= 4 is 116 Å². The monoisotopic (exact) mass is 2130 g/mol. The van der Waals surface area contributed by atoms with Gasteiger partial charge >= 0.3 is 103 Å². The smallest absolute Gasteiger partial charge is 1.00 e. The Balaban J connectivity index is 0.000000558. The maximum atomic E-state index is 13.5. The van der Waals surface area contributed by atoms with Crippen molar-refractivity contribution in [3.63, 3.8) is 0 Å². The topological polar surface area (TPSA) is 507 Å². The molecule has 0 saturated carbocycles. The normalized spacial score (nSPS) is 13.5. The fraction of sp³-hybridized carbons (Fsp3) is 0.306. The number of halogens is 5. The molecule has 5 N–H and O–H groups in total. The number of rotatable bonds is 17. The number of hydrogen-bond donors (Lipinski definition) is 4. The van der Waals surface area contributed by atoms with E-state index in [1.54, 1.807) is 97.9 Å². The molecule has 0 amide bonds. The van der Waals surface area contributed by atoms with Crippen LogP contribution in [0.5, 0.6) is 0 Å². The summed E-state index contributed by atoms with van der Waals surface area (Å²) in [4.78, 5) is 58.8. The second kappa shape index (κ2) is 71.5. The molecule has 44 heteroatoms. The number of nitro groups is 2. The number of morpholine rings is 4. The summed E-state index contributed by atoms with van der Waals surface area (Å²) in [7, 11) is -2.43. The molecule has 10 aromatic rings. The predicted molar refractivity (Wildman–Crippen MR) is 524 cm³/mol. The molecule has 744 valence electrons. The van der Waals surface area contributed by atoms with E-state index in [4.69, 9.17) is 85.7 Å². The van der Waals surface area contributed by atoms with E-state index >= 15 is 0 Å². The molecule has 0 spiro atoms. The van der Waals surface area contributed by atoms with Gasteiger partial charge in [0.1, 0.15) is 54.1 Å². The molecule has 6 heterocycles. The third kappa shape index (κ3) is 47.5.